The standard InChI is InChI=1S/C18H26N2O/c1-2-20(13-15-10-6-7-11-19-15)18(21)17-12-16(17)14-8-4-3-5-9-14/h3-5,8-9,15-17,19H,2,6-7,10-13H2,1H3. The Bertz CT molecular complexity index is 467. The number of hydrogen-bond acceptors (Lipinski definition) is 2. The Kier molecular flexibility index (Phi) is 4.59. The van der Waals surface area contributed by atoms with Crippen LogP contribution in [0.1, 0.15) is 44.1 Å². The highest BCUT2D eigenvalue weighted by atomic mass is 16.2. The molecule has 3 rings (SSSR count). The second kappa shape index (κ2) is 6.61. The molecule has 0 spiro atoms. The van der Waals surface area contributed by atoms with Gasteiger partial charge in [0.2, 0.25) is 5.91 Å². The third-order valence-electron chi connectivity index (χ3n) is 4.88. The second-order valence-corrected chi connectivity index (χ2v) is 6.38. The summed E-state index contributed by atoms with van der Waals surface area (Å²) in [4.78, 5) is 14.8. The number of nitrogens with zero attached hydrogens (tertiary/aromatic N) is 1. The summed E-state index contributed by atoms with van der Waals surface area (Å²) in [5.41, 5.74) is 1.32. The monoisotopic (exact) mass is 286 g/mol. The second-order valence-electron chi connectivity index (χ2n) is 6.38. The van der Waals surface area contributed by atoms with E-state index in [0.717, 1.165) is 26.1 Å². The van der Waals surface area contributed by atoms with E-state index in [9.17, 15) is 4.79 Å². The van der Waals surface area contributed by atoms with E-state index in [1.807, 2.05) is 6.07 Å². The lowest BCUT2D eigenvalue weighted by atomic mass is 10.0. The summed E-state index contributed by atoms with van der Waals surface area (Å²) < 4.78 is 0. The molecule has 1 aliphatic carbocycles. The van der Waals surface area contributed by atoms with Crippen molar-refractivity contribution in [3.63, 3.8) is 0 Å². The Balaban J connectivity index is 1.56. The van der Waals surface area contributed by atoms with Gasteiger partial charge in [-0.05, 0) is 44.2 Å². The van der Waals surface area contributed by atoms with Crippen LogP contribution in [0.4, 0.5) is 0 Å². The molecule has 0 radical (unpaired) electrons. The smallest absolute Gasteiger partial charge is 0.226 e. The van der Waals surface area contributed by atoms with E-state index in [2.05, 4.69) is 41.4 Å². The number of benzene rings is 1. The lowest BCUT2D eigenvalue weighted by Gasteiger charge is -2.30. The predicted molar refractivity (Wildman–Crippen MR) is 85.2 cm³/mol. The predicted octanol–water partition coefficient (Wildman–Crippen LogP) is 2.78. The molecule has 1 aromatic rings. The minimum Gasteiger partial charge on any atom is -0.341 e. The van der Waals surface area contributed by atoms with Crippen molar-refractivity contribution in [2.75, 3.05) is 19.6 Å². The molecule has 3 unspecified atom stereocenters. The fourth-order valence-electron chi connectivity index (χ4n) is 3.49. The van der Waals surface area contributed by atoms with Crippen LogP contribution in [-0.4, -0.2) is 36.5 Å². The minimum atomic E-state index is 0.218. The lowest BCUT2D eigenvalue weighted by Crippen LogP contribution is -2.46. The lowest BCUT2D eigenvalue weighted by molar-refractivity contribution is -0.132. The van der Waals surface area contributed by atoms with Gasteiger partial charge in [-0.3, -0.25) is 4.79 Å². The van der Waals surface area contributed by atoms with Crippen molar-refractivity contribution in [1.82, 2.24) is 10.2 Å². The van der Waals surface area contributed by atoms with Crippen LogP contribution in [-0.2, 0) is 4.79 Å². The molecule has 2 fully saturated rings. The van der Waals surface area contributed by atoms with Gasteiger partial charge in [0.15, 0.2) is 0 Å². The van der Waals surface area contributed by atoms with Gasteiger partial charge in [0.05, 0.1) is 0 Å². The molecule has 3 heteroatoms. The normalized spacial score (nSPS) is 28.1. The van der Waals surface area contributed by atoms with Crippen molar-refractivity contribution < 1.29 is 4.79 Å². The first kappa shape index (κ1) is 14.6. The van der Waals surface area contributed by atoms with Crippen molar-refractivity contribution in [1.29, 1.82) is 0 Å². The van der Waals surface area contributed by atoms with Crippen molar-refractivity contribution in [3.05, 3.63) is 35.9 Å². The van der Waals surface area contributed by atoms with Crippen molar-refractivity contribution in [2.24, 2.45) is 5.92 Å². The number of carbonyl (C=O) groups excluding carboxylic acids is 1. The van der Waals surface area contributed by atoms with Crippen molar-refractivity contribution in [2.45, 2.75) is 44.6 Å². The summed E-state index contributed by atoms with van der Waals surface area (Å²) in [5, 5.41) is 3.55. The molecule has 1 amide bonds. The summed E-state index contributed by atoms with van der Waals surface area (Å²) in [6.07, 6.45) is 4.79. The number of carbonyl (C=O) groups is 1. The molecule has 21 heavy (non-hydrogen) atoms. The first-order valence-electron chi connectivity index (χ1n) is 8.36. The summed E-state index contributed by atoms with van der Waals surface area (Å²) in [5.74, 6) is 1.03. The topological polar surface area (TPSA) is 32.3 Å². The van der Waals surface area contributed by atoms with Crippen molar-refractivity contribution >= 4 is 5.91 Å². The van der Waals surface area contributed by atoms with Crippen LogP contribution in [0.5, 0.6) is 0 Å². The molecule has 1 saturated carbocycles. The largest absolute Gasteiger partial charge is 0.341 e. The Labute approximate surface area is 127 Å². The zero-order valence-corrected chi connectivity index (χ0v) is 12.9. The first-order chi connectivity index (χ1) is 10.3. The average Bonchev–Trinajstić information content (AvgIpc) is 3.34. The number of hydrogen-bond donors (Lipinski definition) is 1. The van der Waals surface area contributed by atoms with E-state index >= 15 is 0 Å². The number of amides is 1. The summed E-state index contributed by atoms with van der Waals surface area (Å²) in [6, 6.07) is 11.0. The SMILES string of the molecule is CCN(CC1CCCCN1)C(=O)C1CC1c1ccccc1. The first-order valence-corrected chi connectivity index (χ1v) is 8.36. The average molecular weight is 286 g/mol. The maximum atomic E-state index is 12.7. The highest BCUT2D eigenvalue weighted by Gasteiger charge is 2.45. The van der Waals surface area contributed by atoms with E-state index in [4.69, 9.17) is 0 Å². The fourth-order valence-corrected chi connectivity index (χ4v) is 3.49. The number of piperidine rings is 1. The van der Waals surface area contributed by atoms with Gasteiger partial charge >= 0.3 is 0 Å². The Morgan fingerprint density at radius 1 is 1.29 bits per heavy atom. The maximum absolute atomic E-state index is 12.7. The van der Waals surface area contributed by atoms with Crippen molar-refractivity contribution in [3.8, 4) is 0 Å². The molecule has 3 nitrogen and oxygen atoms in total. The minimum absolute atomic E-state index is 0.218. The molecular weight excluding hydrogens is 260 g/mol. The van der Waals surface area contributed by atoms with Crippen LogP contribution in [0.15, 0.2) is 30.3 Å². The number of nitrogens with one attached hydrogen (secondary N) is 1. The van der Waals surface area contributed by atoms with Crippen LogP contribution in [0.3, 0.4) is 0 Å². The Morgan fingerprint density at radius 2 is 2.10 bits per heavy atom. The number of likely N-dealkylation sites (N-methyl/N-ethyl adjacent to an activating group) is 1. The molecule has 0 aromatic heterocycles. The van der Waals surface area contributed by atoms with Crippen LogP contribution >= 0.6 is 0 Å². The molecule has 1 N–H and O–H groups in total. The Morgan fingerprint density at radius 3 is 2.76 bits per heavy atom. The zero-order valence-electron chi connectivity index (χ0n) is 12.9. The summed E-state index contributed by atoms with van der Waals surface area (Å²) in [6.45, 7) is 4.91. The van der Waals surface area contributed by atoms with Gasteiger partial charge in [0.25, 0.3) is 0 Å². The van der Waals surface area contributed by atoms with Gasteiger partial charge in [0, 0.05) is 25.0 Å². The van der Waals surface area contributed by atoms with E-state index < -0.39 is 0 Å². The molecule has 2 aliphatic rings. The fraction of sp³-hybridized carbons (Fsp3) is 0.611. The van der Waals surface area contributed by atoms with Crippen LogP contribution in [0, 0.1) is 5.92 Å². The molecule has 1 aromatic carbocycles. The number of rotatable bonds is 5. The van der Waals surface area contributed by atoms with Gasteiger partial charge in [0.1, 0.15) is 0 Å². The third-order valence-corrected chi connectivity index (χ3v) is 4.88. The molecule has 3 atom stereocenters. The summed E-state index contributed by atoms with van der Waals surface area (Å²) in [7, 11) is 0. The zero-order chi connectivity index (χ0) is 14.7. The van der Waals surface area contributed by atoms with Gasteiger partial charge < -0.3 is 10.2 Å². The van der Waals surface area contributed by atoms with Crippen LogP contribution < -0.4 is 5.32 Å². The summed E-state index contributed by atoms with van der Waals surface area (Å²) >= 11 is 0. The quantitative estimate of drug-likeness (QED) is 0.902. The molecule has 1 saturated heterocycles. The van der Waals surface area contributed by atoms with Crippen LogP contribution in [0.25, 0.3) is 0 Å². The van der Waals surface area contributed by atoms with E-state index in [1.165, 1.54) is 24.8 Å². The van der Waals surface area contributed by atoms with E-state index in [-0.39, 0.29) is 5.92 Å². The molecule has 1 heterocycles. The van der Waals surface area contributed by atoms with Crippen LogP contribution in [0.2, 0.25) is 0 Å². The van der Waals surface area contributed by atoms with Gasteiger partial charge in [-0.2, -0.15) is 0 Å². The van der Waals surface area contributed by atoms with Gasteiger partial charge in [-0.1, -0.05) is 36.8 Å². The third kappa shape index (κ3) is 3.46. The molecule has 114 valence electrons. The highest BCUT2D eigenvalue weighted by Crippen LogP contribution is 2.48. The molecule has 0 bridgehead atoms. The van der Waals surface area contributed by atoms with Gasteiger partial charge in [-0.15, -0.1) is 0 Å². The Hall–Kier alpha value is -1.35. The molecule has 1 aliphatic heterocycles. The molecular formula is C18H26N2O. The highest BCUT2D eigenvalue weighted by molar-refractivity contribution is 5.83. The maximum Gasteiger partial charge on any atom is 0.226 e. The van der Waals surface area contributed by atoms with E-state index in [0.29, 0.717) is 17.9 Å². The van der Waals surface area contributed by atoms with Gasteiger partial charge in [-0.25, -0.2) is 0 Å². The van der Waals surface area contributed by atoms with E-state index in [1.54, 1.807) is 0 Å².